The van der Waals surface area contributed by atoms with Gasteiger partial charge in [0.25, 0.3) is 0 Å². The molecular formula is C15H11F3N2OS. The van der Waals surface area contributed by atoms with Gasteiger partial charge < -0.3 is 4.98 Å². The van der Waals surface area contributed by atoms with Gasteiger partial charge in [0.05, 0.1) is 16.6 Å². The highest BCUT2D eigenvalue weighted by Gasteiger charge is 2.30. The van der Waals surface area contributed by atoms with Crippen LogP contribution < -0.4 is 0 Å². The monoisotopic (exact) mass is 324 g/mol. The summed E-state index contributed by atoms with van der Waals surface area (Å²) in [4.78, 5) is 7.85. The first-order valence-electron chi connectivity index (χ1n) is 6.35. The lowest BCUT2D eigenvalue weighted by Gasteiger charge is -2.05. The predicted molar refractivity (Wildman–Crippen MR) is 78.9 cm³/mol. The molecule has 3 rings (SSSR count). The fourth-order valence-corrected chi connectivity index (χ4v) is 2.65. The van der Waals surface area contributed by atoms with Crippen molar-refractivity contribution in [3.8, 4) is 11.4 Å². The number of imidazole rings is 1. The average Bonchev–Trinajstić information content (AvgIpc) is 2.89. The molecule has 1 atom stereocenters. The summed E-state index contributed by atoms with van der Waals surface area (Å²) in [7, 11) is -1.08. The number of fused-ring (bicyclic) bond motifs is 1. The summed E-state index contributed by atoms with van der Waals surface area (Å²) in [6, 6.07) is 10.3. The summed E-state index contributed by atoms with van der Waals surface area (Å²) in [6.45, 7) is 0. The van der Waals surface area contributed by atoms with E-state index >= 15 is 0 Å². The first-order chi connectivity index (χ1) is 10.3. The minimum absolute atomic E-state index is 0.327. The summed E-state index contributed by atoms with van der Waals surface area (Å²) in [5.41, 5.74) is 0.796. The zero-order chi connectivity index (χ0) is 15.9. The molecule has 0 bridgehead atoms. The van der Waals surface area contributed by atoms with E-state index in [1.807, 2.05) is 0 Å². The molecule has 1 heterocycles. The number of nitrogens with zero attached hydrogens (tertiary/aromatic N) is 1. The molecule has 2 aromatic carbocycles. The Hall–Kier alpha value is -2.15. The van der Waals surface area contributed by atoms with Gasteiger partial charge in [0.2, 0.25) is 0 Å². The molecule has 0 fully saturated rings. The van der Waals surface area contributed by atoms with E-state index in [1.165, 1.54) is 6.07 Å². The molecule has 0 amide bonds. The van der Waals surface area contributed by atoms with Gasteiger partial charge in [-0.1, -0.05) is 12.1 Å². The van der Waals surface area contributed by atoms with Crippen LogP contribution in [0.2, 0.25) is 0 Å². The molecule has 3 nitrogen and oxygen atoms in total. The lowest BCUT2D eigenvalue weighted by Crippen LogP contribution is -2.04. The Morgan fingerprint density at radius 2 is 1.77 bits per heavy atom. The van der Waals surface area contributed by atoms with Gasteiger partial charge in [-0.3, -0.25) is 4.21 Å². The van der Waals surface area contributed by atoms with Crippen molar-refractivity contribution in [2.75, 3.05) is 6.26 Å². The Morgan fingerprint density at radius 3 is 2.36 bits per heavy atom. The SMILES string of the molecule is CS(=O)c1ccc(-c2nc3ccc(C(F)(F)F)cc3[nH]2)cc1. The smallest absolute Gasteiger partial charge is 0.338 e. The number of alkyl halides is 3. The van der Waals surface area contributed by atoms with Crippen LogP contribution in [-0.4, -0.2) is 20.4 Å². The fraction of sp³-hybridized carbons (Fsp3) is 0.133. The first kappa shape index (κ1) is 14.8. The van der Waals surface area contributed by atoms with Gasteiger partial charge in [0, 0.05) is 27.5 Å². The highest BCUT2D eigenvalue weighted by Crippen LogP contribution is 2.31. The Labute approximate surface area is 126 Å². The van der Waals surface area contributed by atoms with Gasteiger partial charge in [-0.2, -0.15) is 13.2 Å². The van der Waals surface area contributed by atoms with Gasteiger partial charge in [0.1, 0.15) is 5.82 Å². The lowest BCUT2D eigenvalue weighted by atomic mass is 10.2. The van der Waals surface area contributed by atoms with Crippen LogP contribution in [0.1, 0.15) is 5.56 Å². The zero-order valence-electron chi connectivity index (χ0n) is 11.4. The van der Waals surface area contributed by atoms with E-state index in [0.29, 0.717) is 21.8 Å². The van der Waals surface area contributed by atoms with Gasteiger partial charge in [-0.25, -0.2) is 4.98 Å². The Balaban J connectivity index is 2.03. The van der Waals surface area contributed by atoms with Crippen molar-refractivity contribution in [3.05, 3.63) is 48.0 Å². The highest BCUT2D eigenvalue weighted by atomic mass is 32.2. The predicted octanol–water partition coefficient (Wildman–Crippen LogP) is 3.99. The molecule has 1 unspecified atom stereocenters. The van der Waals surface area contributed by atoms with Crippen LogP contribution in [0.4, 0.5) is 13.2 Å². The molecule has 0 saturated heterocycles. The van der Waals surface area contributed by atoms with Crippen molar-refractivity contribution >= 4 is 21.8 Å². The molecule has 0 aliphatic rings. The van der Waals surface area contributed by atoms with Crippen LogP contribution in [0, 0.1) is 0 Å². The van der Waals surface area contributed by atoms with Crippen LogP contribution in [0.15, 0.2) is 47.4 Å². The van der Waals surface area contributed by atoms with Crippen molar-refractivity contribution in [1.82, 2.24) is 9.97 Å². The van der Waals surface area contributed by atoms with Crippen LogP contribution in [0.5, 0.6) is 0 Å². The standard InChI is InChI=1S/C15H11F3N2OS/c1-22(21)11-5-2-9(3-6-11)14-19-12-7-4-10(15(16,17)18)8-13(12)20-14/h2-8H,1H3,(H,19,20). The molecule has 0 saturated carbocycles. The second kappa shape index (κ2) is 5.24. The Morgan fingerprint density at radius 1 is 1.09 bits per heavy atom. The number of benzene rings is 2. The maximum absolute atomic E-state index is 12.7. The highest BCUT2D eigenvalue weighted by molar-refractivity contribution is 7.84. The molecule has 22 heavy (non-hydrogen) atoms. The van der Waals surface area contributed by atoms with Crippen molar-refractivity contribution in [2.24, 2.45) is 0 Å². The maximum Gasteiger partial charge on any atom is 0.416 e. The van der Waals surface area contributed by atoms with Gasteiger partial charge in [-0.15, -0.1) is 0 Å². The topological polar surface area (TPSA) is 45.8 Å². The summed E-state index contributed by atoms with van der Waals surface area (Å²) < 4.78 is 49.5. The van der Waals surface area contributed by atoms with Crippen LogP contribution in [0.25, 0.3) is 22.4 Å². The molecule has 0 aliphatic carbocycles. The minimum Gasteiger partial charge on any atom is -0.338 e. The number of aromatic amines is 1. The number of nitrogens with one attached hydrogen (secondary N) is 1. The number of hydrogen-bond acceptors (Lipinski definition) is 2. The molecule has 7 heteroatoms. The van der Waals surface area contributed by atoms with Gasteiger partial charge >= 0.3 is 6.18 Å². The molecule has 0 radical (unpaired) electrons. The second-order valence-electron chi connectivity index (χ2n) is 4.79. The quantitative estimate of drug-likeness (QED) is 0.775. The maximum atomic E-state index is 12.7. The molecule has 0 aliphatic heterocycles. The third-order valence-electron chi connectivity index (χ3n) is 3.27. The summed E-state index contributed by atoms with van der Waals surface area (Å²) >= 11 is 0. The number of hydrogen-bond donors (Lipinski definition) is 1. The van der Waals surface area contributed by atoms with E-state index in [1.54, 1.807) is 30.5 Å². The van der Waals surface area contributed by atoms with Crippen LogP contribution in [-0.2, 0) is 17.0 Å². The van der Waals surface area contributed by atoms with Crippen molar-refractivity contribution < 1.29 is 17.4 Å². The lowest BCUT2D eigenvalue weighted by molar-refractivity contribution is -0.137. The number of H-pyrrole nitrogens is 1. The van der Waals surface area contributed by atoms with Gasteiger partial charge in [-0.05, 0) is 30.3 Å². The second-order valence-corrected chi connectivity index (χ2v) is 6.17. The van der Waals surface area contributed by atoms with E-state index in [-0.39, 0.29) is 0 Å². The van der Waals surface area contributed by atoms with Crippen molar-refractivity contribution in [1.29, 1.82) is 0 Å². The molecule has 1 aromatic heterocycles. The normalized spacial score (nSPS) is 13.5. The van der Waals surface area contributed by atoms with Crippen LogP contribution in [0.3, 0.4) is 0 Å². The molecule has 3 aromatic rings. The molecule has 0 spiro atoms. The molecular weight excluding hydrogens is 313 g/mol. The van der Waals surface area contributed by atoms with Crippen LogP contribution >= 0.6 is 0 Å². The third-order valence-corrected chi connectivity index (χ3v) is 4.20. The van der Waals surface area contributed by atoms with E-state index < -0.39 is 22.5 Å². The molecule has 114 valence electrons. The fourth-order valence-electron chi connectivity index (χ4n) is 2.13. The van der Waals surface area contributed by atoms with Gasteiger partial charge in [0.15, 0.2) is 0 Å². The largest absolute Gasteiger partial charge is 0.416 e. The zero-order valence-corrected chi connectivity index (χ0v) is 12.3. The first-order valence-corrected chi connectivity index (χ1v) is 7.91. The minimum atomic E-state index is -4.38. The summed E-state index contributed by atoms with van der Waals surface area (Å²) in [6.07, 6.45) is -2.80. The van der Waals surface area contributed by atoms with E-state index in [0.717, 1.165) is 17.7 Å². The Bertz CT molecular complexity index is 853. The number of halogens is 3. The van der Waals surface area contributed by atoms with E-state index in [4.69, 9.17) is 0 Å². The van der Waals surface area contributed by atoms with E-state index in [9.17, 15) is 17.4 Å². The summed E-state index contributed by atoms with van der Waals surface area (Å²) in [5, 5.41) is 0. The average molecular weight is 324 g/mol. The Kier molecular flexibility index (Phi) is 3.52. The number of rotatable bonds is 2. The third kappa shape index (κ3) is 2.76. The number of aromatic nitrogens is 2. The summed E-state index contributed by atoms with van der Waals surface area (Å²) in [5.74, 6) is 0.475. The molecule has 1 N–H and O–H groups in total. The van der Waals surface area contributed by atoms with Crippen molar-refractivity contribution in [2.45, 2.75) is 11.1 Å². The van der Waals surface area contributed by atoms with Crippen molar-refractivity contribution in [3.63, 3.8) is 0 Å². The van der Waals surface area contributed by atoms with E-state index in [2.05, 4.69) is 9.97 Å².